The second-order valence-electron chi connectivity index (χ2n) is 3.83. The summed E-state index contributed by atoms with van der Waals surface area (Å²) in [5, 5.41) is 0. The van der Waals surface area contributed by atoms with Crippen LogP contribution in [0.4, 0.5) is 4.39 Å². The molecule has 1 amide bonds. The Balaban J connectivity index is 2.16. The van der Waals surface area contributed by atoms with Crippen LogP contribution in [0.1, 0.15) is 19.3 Å². The lowest BCUT2D eigenvalue weighted by molar-refractivity contribution is -0.125. The highest BCUT2D eigenvalue weighted by Gasteiger charge is 2.51. The summed E-state index contributed by atoms with van der Waals surface area (Å²) in [4.78, 5) is 11.5. The molecule has 0 saturated heterocycles. The maximum Gasteiger partial charge on any atom is 0.244 e. The zero-order valence-corrected chi connectivity index (χ0v) is 7.79. The molecule has 0 spiro atoms. The zero-order chi connectivity index (χ0) is 10.2. The first-order valence-corrected chi connectivity index (χ1v) is 4.73. The Bertz CT molecular complexity index is 318. The van der Waals surface area contributed by atoms with Gasteiger partial charge in [0.2, 0.25) is 5.91 Å². The van der Waals surface area contributed by atoms with E-state index in [1.54, 1.807) is 12.2 Å². The highest BCUT2D eigenvalue weighted by Crippen LogP contribution is 2.53. The molecule has 3 nitrogen and oxygen atoms in total. The Labute approximate surface area is 81.8 Å². The summed E-state index contributed by atoms with van der Waals surface area (Å²) in [6.45, 7) is 0. The molecule has 0 aromatic rings. The van der Waals surface area contributed by atoms with E-state index < -0.39 is 11.6 Å². The molecule has 1 saturated carbocycles. The first-order chi connectivity index (χ1) is 6.69. The predicted molar refractivity (Wildman–Crippen MR) is 50.7 cm³/mol. The molecule has 4 heteroatoms. The zero-order valence-electron chi connectivity index (χ0n) is 7.79. The van der Waals surface area contributed by atoms with E-state index in [-0.39, 0.29) is 5.91 Å². The summed E-state index contributed by atoms with van der Waals surface area (Å²) in [5.41, 5.74) is 2.63. The van der Waals surface area contributed by atoms with Crippen LogP contribution >= 0.6 is 0 Å². The van der Waals surface area contributed by atoms with Crippen molar-refractivity contribution in [2.75, 3.05) is 0 Å². The topological polar surface area (TPSA) is 55.1 Å². The van der Waals surface area contributed by atoms with Crippen molar-refractivity contribution in [3.8, 4) is 0 Å². The van der Waals surface area contributed by atoms with Gasteiger partial charge in [-0.3, -0.25) is 10.2 Å². The number of nitrogens with two attached hydrogens (primary N) is 1. The van der Waals surface area contributed by atoms with Crippen molar-refractivity contribution in [3.05, 3.63) is 23.8 Å². The number of hydrogen-bond acceptors (Lipinski definition) is 2. The van der Waals surface area contributed by atoms with Gasteiger partial charge in [0, 0.05) is 6.42 Å². The quantitative estimate of drug-likeness (QED) is 0.393. The van der Waals surface area contributed by atoms with Crippen LogP contribution < -0.4 is 11.3 Å². The summed E-state index contributed by atoms with van der Waals surface area (Å²) in [6, 6.07) is 0. The van der Waals surface area contributed by atoms with Gasteiger partial charge in [0.15, 0.2) is 0 Å². The second-order valence-corrected chi connectivity index (χ2v) is 3.83. The molecule has 14 heavy (non-hydrogen) atoms. The second kappa shape index (κ2) is 3.20. The molecule has 0 aromatic heterocycles. The average molecular weight is 196 g/mol. The van der Waals surface area contributed by atoms with E-state index in [4.69, 9.17) is 5.84 Å². The molecule has 2 rings (SSSR count). The third-order valence-corrected chi connectivity index (χ3v) is 2.92. The van der Waals surface area contributed by atoms with E-state index in [2.05, 4.69) is 5.43 Å². The molecular formula is C10H13FN2O. The largest absolute Gasteiger partial charge is 0.293 e. The molecule has 0 aromatic carbocycles. The van der Waals surface area contributed by atoms with Gasteiger partial charge in [-0.2, -0.15) is 0 Å². The smallest absolute Gasteiger partial charge is 0.244 e. The lowest BCUT2D eigenvalue weighted by atomic mass is 9.90. The fraction of sp³-hybridized carbons (Fsp3) is 0.500. The molecule has 0 heterocycles. The van der Waals surface area contributed by atoms with Crippen molar-refractivity contribution in [2.24, 2.45) is 11.3 Å². The number of halogens is 1. The Kier molecular flexibility index (Phi) is 2.15. The Hall–Kier alpha value is -1.16. The van der Waals surface area contributed by atoms with Crippen LogP contribution in [0.25, 0.3) is 0 Å². The van der Waals surface area contributed by atoms with Crippen LogP contribution in [0.3, 0.4) is 0 Å². The van der Waals surface area contributed by atoms with Crippen LogP contribution in [-0.2, 0) is 4.79 Å². The maximum absolute atomic E-state index is 12.8. The van der Waals surface area contributed by atoms with Crippen molar-refractivity contribution in [3.63, 3.8) is 0 Å². The van der Waals surface area contributed by atoms with Gasteiger partial charge in [-0.15, -0.1) is 0 Å². The van der Waals surface area contributed by atoms with Crippen LogP contribution in [-0.4, -0.2) is 12.1 Å². The standard InChI is InChI=1S/C10H13FN2O/c11-8-3-1-7(2-4-8)10(5-6-10)9(14)13-12/h1-3,8H,4-6,12H2,(H,13,14). The fourth-order valence-electron chi connectivity index (χ4n) is 1.86. The number of rotatable bonds is 2. The van der Waals surface area contributed by atoms with Gasteiger partial charge in [-0.05, 0) is 18.4 Å². The molecule has 76 valence electrons. The molecular weight excluding hydrogens is 183 g/mol. The molecule has 0 aliphatic heterocycles. The van der Waals surface area contributed by atoms with Crippen LogP contribution in [0.2, 0.25) is 0 Å². The van der Waals surface area contributed by atoms with Crippen molar-refractivity contribution in [2.45, 2.75) is 25.4 Å². The number of allylic oxidation sites excluding steroid dienone is 3. The highest BCUT2D eigenvalue weighted by atomic mass is 19.1. The van der Waals surface area contributed by atoms with E-state index in [1.807, 2.05) is 0 Å². The van der Waals surface area contributed by atoms with E-state index in [9.17, 15) is 9.18 Å². The molecule has 2 aliphatic carbocycles. The van der Waals surface area contributed by atoms with Gasteiger partial charge in [0.05, 0.1) is 5.41 Å². The molecule has 1 fully saturated rings. The number of amides is 1. The number of hydrogen-bond donors (Lipinski definition) is 2. The van der Waals surface area contributed by atoms with Gasteiger partial charge >= 0.3 is 0 Å². The van der Waals surface area contributed by atoms with Crippen molar-refractivity contribution >= 4 is 5.91 Å². The minimum absolute atomic E-state index is 0.161. The van der Waals surface area contributed by atoms with E-state index in [0.29, 0.717) is 6.42 Å². The van der Waals surface area contributed by atoms with Gasteiger partial charge in [-0.1, -0.05) is 18.2 Å². The first-order valence-electron chi connectivity index (χ1n) is 4.73. The van der Waals surface area contributed by atoms with Crippen molar-refractivity contribution < 1.29 is 9.18 Å². The van der Waals surface area contributed by atoms with E-state index in [0.717, 1.165) is 18.4 Å². The summed E-state index contributed by atoms with van der Waals surface area (Å²) >= 11 is 0. The number of carbonyl (C=O) groups excluding carboxylic acids is 1. The van der Waals surface area contributed by atoms with Gasteiger partial charge in [-0.25, -0.2) is 10.2 Å². The van der Waals surface area contributed by atoms with E-state index in [1.165, 1.54) is 6.08 Å². The summed E-state index contributed by atoms with van der Waals surface area (Å²) in [5.74, 6) is 4.95. The van der Waals surface area contributed by atoms with Crippen LogP contribution in [0, 0.1) is 5.41 Å². The Morgan fingerprint density at radius 1 is 1.64 bits per heavy atom. The SMILES string of the molecule is NNC(=O)C1(C2=CCC(F)C=C2)CC1. The Morgan fingerprint density at radius 3 is 2.79 bits per heavy atom. The third-order valence-electron chi connectivity index (χ3n) is 2.92. The average Bonchev–Trinajstić information content (AvgIpc) is 2.99. The predicted octanol–water partition coefficient (Wildman–Crippen LogP) is 0.981. The van der Waals surface area contributed by atoms with Crippen molar-refractivity contribution in [1.82, 2.24) is 5.43 Å². The summed E-state index contributed by atoms with van der Waals surface area (Å²) in [7, 11) is 0. The lowest BCUT2D eigenvalue weighted by Gasteiger charge is -2.18. The fourth-order valence-corrected chi connectivity index (χ4v) is 1.86. The number of hydrazine groups is 1. The molecule has 3 N–H and O–H groups in total. The third kappa shape index (κ3) is 1.35. The summed E-state index contributed by atoms with van der Waals surface area (Å²) < 4.78 is 12.8. The minimum atomic E-state index is -0.907. The molecule has 0 bridgehead atoms. The highest BCUT2D eigenvalue weighted by molar-refractivity contribution is 5.89. The lowest BCUT2D eigenvalue weighted by Crippen LogP contribution is -2.38. The minimum Gasteiger partial charge on any atom is -0.293 e. The van der Waals surface area contributed by atoms with Gasteiger partial charge < -0.3 is 0 Å². The summed E-state index contributed by atoms with van der Waals surface area (Å²) in [6.07, 6.45) is 6.08. The van der Waals surface area contributed by atoms with Crippen LogP contribution in [0.15, 0.2) is 23.8 Å². The monoisotopic (exact) mass is 196 g/mol. The first kappa shape index (κ1) is 9.40. The van der Waals surface area contributed by atoms with Gasteiger partial charge in [0.1, 0.15) is 6.17 Å². The molecule has 1 atom stereocenters. The van der Waals surface area contributed by atoms with Crippen molar-refractivity contribution in [1.29, 1.82) is 0 Å². The number of carbonyl (C=O) groups is 1. The molecule has 2 aliphatic rings. The van der Waals surface area contributed by atoms with Crippen LogP contribution in [0.5, 0.6) is 0 Å². The Morgan fingerprint density at radius 2 is 2.36 bits per heavy atom. The van der Waals surface area contributed by atoms with E-state index >= 15 is 0 Å². The number of alkyl halides is 1. The normalized spacial score (nSPS) is 28.1. The van der Waals surface area contributed by atoms with Gasteiger partial charge in [0.25, 0.3) is 0 Å². The number of nitrogens with one attached hydrogen (secondary N) is 1. The maximum atomic E-state index is 12.8. The molecule has 1 unspecified atom stereocenters. The molecule has 0 radical (unpaired) electrons.